The number of halogens is 1. The highest BCUT2D eigenvalue weighted by atomic mass is 127. The third kappa shape index (κ3) is 3.07. The van der Waals surface area contributed by atoms with E-state index in [0.717, 1.165) is 22.3 Å². The van der Waals surface area contributed by atoms with Crippen LogP contribution >= 0.6 is 22.6 Å². The maximum absolute atomic E-state index is 4.36. The lowest BCUT2D eigenvalue weighted by atomic mass is 10.1. The Balaban J connectivity index is 2.32. The molecule has 0 atom stereocenters. The second-order valence-electron chi connectivity index (χ2n) is 4.00. The van der Waals surface area contributed by atoms with Gasteiger partial charge in [0.2, 0.25) is 0 Å². The van der Waals surface area contributed by atoms with Crippen molar-refractivity contribution in [3.05, 3.63) is 45.3 Å². The lowest BCUT2D eigenvalue weighted by molar-refractivity contribution is 0.725. The summed E-state index contributed by atoms with van der Waals surface area (Å²) in [5, 5.41) is 7.69. The first kappa shape index (κ1) is 12.6. The summed E-state index contributed by atoms with van der Waals surface area (Å²) in [5.41, 5.74) is 3.69. The van der Waals surface area contributed by atoms with Crippen LogP contribution in [0.3, 0.4) is 0 Å². The molecule has 0 fully saturated rings. The quantitative estimate of drug-likeness (QED) is 0.867. The van der Waals surface area contributed by atoms with Crippen molar-refractivity contribution < 1.29 is 0 Å². The monoisotopic (exact) mass is 341 g/mol. The first-order valence-electron chi connectivity index (χ1n) is 5.71. The number of nitrogens with zero attached hydrogens (tertiary/aromatic N) is 2. The second kappa shape index (κ2) is 5.64. The lowest BCUT2D eigenvalue weighted by Crippen LogP contribution is -2.12. The van der Waals surface area contributed by atoms with Crippen molar-refractivity contribution in [3.8, 4) is 5.69 Å². The first-order chi connectivity index (χ1) is 8.20. The topological polar surface area (TPSA) is 29.9 Å². The van der Waals surface area contributed by atoms with Gasteiger partial charge in [0.05, 0.1) is 15.5 Å². The molecule has 0 amide bonds. The van der Waals surface area contributed by atoms with E-state index in [0.29, 0.717) is 0 Å². The molecule has 90 valence electrons. The molecule has 0 aliphatic heterocycles. The van der Waals surface area contributed by atoms with Gasteiger partial charge in [0.1, 0.15) is 0 Å². The lowest BCUT2D eigenvalue weighted by Gasteiger charge is -2.09. The molecule has 17 heavy (non-hydrogen) atoms. The molecule has 0 radical (unpaired) electrons. The fourth-order valence-corrected chi connectivity index (χ4v) is 2.10. The van der Waals surface area contributed by atoms with Gasteiger partial charge in [-0.25, -0.2) is 4.68 Å². The molecule has 1 aromatic carbocycles. The summed E-state index contributed by atoms with van der Waals surface area (Å²) in [6.07, 6.45) is 3.91. The number of aryl methyl sites for hydroxylation is 1. The minimum absolute atomic E-state index is 0.905. The molecule has 1 aromatic heterocycles. The molecule has 0 saturated carbocycles. The first-order valence-corrected chi connectivity index (χ1v) is 6.79. The largest absolute Gasteiger partial charge is 0.313 e. The number of aromatic nitrogens is 2. The summed E-state index contributed by atoms with van der Waals surface area (Å²) in [5.74, 6) is 0. The third-order valence-corrected chi connectivity index (χ3v) is 3.21. The van der Waals surface area contributed by atoms with Crippen LogP contribution in [0, 0.1) is 10.5 Å². The van der Waals surface area contributed by atoms with Crippen molar-refractivity contribution in [1.82, 2.24) is 15.1 Å². The van der Waals surface area contributed by atoms with Crippen LogP contribution in [0.2, 0.25) is 0 Å². The molecule has 2 rings (SSSR count). The fraction of sp³-hybridized carbons (Fsp3) is 0.308. The van der Waals surface area contributed by atoms with Gasteiger partial charge in [-0.2, -0.15) is 5.10 Å². The van der Waals surface area contributed by atoms with Crippen LogP contribution in [0.1, 0.15) is 18.1 Å². The number of hydrogen-bond donors (Lipinski definition) is 1. The third-order valence-electron chi connectivity index (χ3n) is 2.65. The Labute approximate surface area is 115 Å². The molecule has 0 saturated heterocycles. The van der Waals surface area contributed by atoms with Crippen molar-refractivity contribution in [2.24, 2.45) is 0 Å². The van der Waals surface area contributed by atoms with Crippen LogP contribution in [0.5, 0.6) is 0 Å². The highest BCUT2D eigenvalue weighted by Gasteiger charge is 2.04. The zero-order chi connectivity index (χ0) is 12.3. The van der Waals surface area contributed by atoms with Gasteiger partial charge in [-0.15, -0.1) is 0 Å². The molecular weight excluding hydrogens is 325 g/mol. The van der Waals surface area contributed by atoms with Crippen molar-refractivity contribution in [1.29, 1.82) is 0 Å². The zero-order valence-corrected chi connectivity index (χ0v) is 12.2. The maximum Gasteiger partial charge on any atom is 0.0678 e. The molecule has 0 aliphatic carbocycles. The van der Waals surface area contributed by atoms with Crippen molar-refractivity contribution >= 4 is 22.6 Å². The van der Waals surface area contributed by atoms with Gasteiger partial charge in [-0.1, -0.05) is 19.1 Å². The summed E-state index contributed by atoms with van der Waals surface area (Å²) in [6, 6.07) is 6.51. The smallest absolute Gasteiger partial charge is 0.0678 e. The Morgan fingerprint density at radius 3 is 2.88 bits per heavy atom. The van der Waals surface area contributed by atoms with Crippen molar-refractivity contribution in [2.45, 2.75) is 20.4 Å². The average Bonchev–Trinajstić information content (AvgIpc) is 2.75. The Bertz CT molecular complexity index is 505. The molecule has 4 heteroatoms. The van der Waals surface area contributed by atoms with E-state index in [-0.39, 0.29) is 0 Å². The maximum atomic E-state index is 4.36. The highest BCUT2D eigenvalue weighted by molar-refractivity contribution is 14.1. The molecule has 1 N–H and O–H groups in total. The molecule has 1 heterocycles. The van der Waals surface area contributed by atoms with Gasteiger partial charge < -0.3 is 5.32 Å². The molecule has 0 unspecified atom stereocenters. The zero-order valence-electron chi connectivity index (χ0n) is 10.1. The SMILES string of the molecule is CCNCc1ccc(C)c(-n2cc(I)cn2)c1. The van der Waals surface area contributed by atoms with Gasteiger partial charge in [0.15, 0.2) is 0 Å². The van der Waals surface area contributed by atoms with Gasteiger partial charge in [-0.3, -0.25) is 0 Å². The molecule has 2 aromatic rings. The van der Waals surface area contributed by atoms with Crippen LogP contribution < -0.4 is 5.32 Å². The summed E-state index contributed by atoms with van der Waals surface area (Å²) in [4.78, 5) is 0. The van der Waals surface area contributed by atoms with Crippen molar-refractivity contribution in [2.75, 3.05) is 6.54 Å². The fourth-order valence-electron chi connectivity index (χ4n) is 1.71. The Kier molecular flexibility index (Phi) is 4.17. The molecule has 0 aliphatic rings. The summed E-state index contributed by atoms with van der Waals surface area (Å²) < 4.78 is 3.09. The average molecular weight is 341 g/mol. The van der Waals surface area contributed by atoms with Crippen LogP contribution in [0.4, 0.5) is 0 Å². The number of benzene rings is 1. The molecule has 3 nitrogen and oxygen atoms in total. The molecular formula is C13H16IN3. The number of hydrogen-bond acceptors (Lipinski definition) is 2. The Morgan fingerprint density at radius 1 is 1.41 bits per heavy atom. The Morgan fingerprint density at radius 2 is 2.24 bits per heavy atom. The van der Waals surface area contributed by atoms with Crippen LogP contribution in [0.25, 0.3) is 5.69 Å². The minimum Gasteiger partial charge on any atom is -0.313 e. The molecule has 0 spiro atoms. The van der Waals surface area contributed by atoms with E-state index >= 15 is 0 Å². The Hall–Kier alpha value is -0.880. The standard InChI is InChI=1S/C13H16IN3/c1-3-15-7-11-5-4-10(2)13(6-11)17-9-12(14)8-16-17/h4-6,8-9,15H,3,7H2,1-2H3. The summed E-state index contributed by atoms with van der Waals surface area (Å²) in [7, 11) is 0. The molecule has 0 bridgehead atoms. The normalized spacial score (nSPS) is 10.8. The van der Waals surface area contributed by atoms with Crippen LogP contribution in [-0.4, -0.2) is 16.3 Å². The van der Waals surface area contributed by atoms with E-state index in [1.165, 1.54) is 11.1 Å². The predicted molar refractivity (Wildman–Crippen MR) is 78.4 cm³/mol. The van der Waals surface area contributed by atoms with Gasteiger partial charge in [-0.05, 0) is 53.3 Å². The summed E-state index contributed by atoms with van der Waals surface area (Å²) in [6.45, 7) is 6.12. The van der Waals surface area contributed by atoms with E-state index < -0.39 is 0 Å². The minimum atomic E-state index is 0.905. The summed E-state index contributed by atoms with van der Waals surface area (Å²) >= 11 is 2.27. The van der Waals surface area contributed by atoms with Gasteiger partial charge in [0, 0.05) is 12.7 Å². The van der Waals surface area contributed by atoms with E-state index in [4.69, 9.17) is 0 Å². The highest BCUT2D eigenvalue weighted by Crippen LogP contribution is 2.16. The van der Waals surface area contributed by atoms with E-state index in [1.807, 2.05) is 17.1 Å². The van der Waals surface area contributed by atoms with Crippen molar-refractivity contribution in [3.63, 3.8) is 0 Å². The van der Waals surface area contributed by atoms with Crippen LogP contribution in [-0.2, 0) is 6.54 Å². The van der Waals surface area contributed by atoms with E-state index in [9.17, 15) is 0 Å². The number of nitrogens with one attached hydrogen (secondary N) is 1. The van der Waals surface area contributed by atoms with Gasteiger partial charge in [0.25, 0.3) is 0 Å². The second-order valence-corrected chi connectivity index (χ2v) is 5.25. The number of rotatable bonds is 4. The predicted octanol–water partition coefficient (Wildman–Crippen LogP) is 2.89. The van der Waals surface area contributed by atoms with Gasteiger partial charge >= 0.3 is 0 Å². The van der Waals surface area contributed by atoms with E-state index in [1.54, 1.807) is 0 Å². The van der Waals surface area contributed by atoms with Crippen LogP contribution in [0.15, 0.2) is 30.6 Å². The van der Waals surface area contributed by atoms with E-state index in [2.05, 4.69) is 65.1 Å².